The molecule has 0 saturated carbocycles. The average Bonchev–Trinajstić information content (AvgIpc) is 3.04. The molecule has 0 saturated heterocycles. The molecule has 7 nitrogen and oxygen atoms in total. The van der Waals surface area contributed by atoms with Gasteiger partial charge in [0.1, 0.15) is 0 Å². The summed E-state index contributed by atoms with van der Waals surface area (Å²) in [6.07, 6.45) is 0.349. The van der Waals surface area contributed by atoms with Gasteiger partial charge >= 0.3 is 0 Å². The lowest BCUT2D eigenvalue weighted by Crippen LogP contribution is -2.46. The molecular formula is C39H43N3O4. The van der Waals surface area contributed by atoms with Crippen LogP contribution in [0.3, 0.4) is 0 Å². The van der Waals surface area contributed by atoms with Crippen LogP contribution in [0, 0.1) is 6.92 Å². The van der Waals surface area contributed by atoms with Crippen molar-refractivity contribution in [3.63, 3.8) is 0 Å². The van der Waals surface area contributed by atoms with Crippen molar-refractivity contribution in [2.24, 2.45) is 0 Å². The Hall–Kier alpha value is -4.75. The normalized spacial score (nSPS) is 14.2. The molecule has 3 amide bonds. The molecule has 5 rings (SSSR count). The van der Waals surface area contributed by atoms with E-state index in [4.69, 9.17) is 0 Å². The minimum Gasteiger partial charge on any atom is -0.391 e. The van der Waals surface area contributed by atoms with Crippen LogP contribution in [0.2, 0.25) is 0 Å². The Morgan fingerprint density at radius 1 is 0.761 bits per heavy atom. The predicted molar refractivity (Wildman–Crippen MR) is 181 cm³/mol. The van der Waals surface area contributed by atoms with E-state index in [1.54, 1.807) is 37.3 Å². The van der Waals surface area contributed by atoms with Crippen molar-refractivity contribution in [1.29, 1.82) is 0 Å². The second-order valence-electron chi connectivity index (χ2n) is 13.1. The number of aliphatic hydroxyl groups excluding tert-OH is 1. The number of aliphatic hydroxyl groups is 1. The van der Waals surface area contributed by atoms with Crippen LogP contribution in [-0.2, 0) is 25.8 Å². The largest absolute Gasteiger partial charge is 0.391 e. The summed E-state index contributed by atoms with van der Waals surface area (Å²) in [4.78, 5) is 42.5. The number of amides is 3. The summed E-state index contributed by atoms with van der Waals surface area (Å²) in [6.45, 7) is 8.71. The maximum atomic E-state index is 13.9. The van der Waals surface area contributed by atoms with Gasteiger partial charge < -0.3 is 20.6 Å². The number of carbonyl (C=O) groups excluding carboxylic acids is 3. The Morgan fingerprint density at radius 3 is 2.13 bits per heavy atom. The summed E-state index contributed by atoms with van der Waals surface area (Å²) >= 11 is 0. The van der Waals surface area contributed by atoms with E-state index in [-0.39, 0.29) is 24.1 Å². The smallest absolute Gasteiger partial charge is 0.254 e. The molecule has 238 valence electrons. The van der Waals surface area contributed by atoms with Gasteiger partial charge in [-0.3, -0.25) is 14.4 Å². The molecule has 0 fully saturated rings. The molecule has 1 heterocycles. The molecular weight excluding hydrogens is 574 g/mol. The monoisotopic (exact) mass is 617 g/mol. The highest BCUT2D eigenvalue weighted by Crippen LogP contribution is 2.23. The van der Waals surface area contributed by atoms with E-state index in [1.165, 1.54) is 5.56 Å². The lowest BCUT2D eigenvalue weighted by atomic mass is 9.92. The molecule has 1 aliphatic rings. The summed E-state index contributed by atoms with van der Waals surface area (Å²) in [5.41, 5.74) is 5.60. The fourth-order valence-electron chi connectivity index (χ4n) is 6.05. The first-order valence-corrected chi connectivity index (χ1v) is 15.9. The topological polar surface area (TPSA) is 98.7 Å². The van der Waals surface area contributed by atoms with Gasteiger partial charge in [-0.25, -0.2) is 0 Å². The van der Waals surface area contributed by atoms with Crippen molar-refractivity contribution < 1.29 is 19.5 Å². The first-order valence-electron chi connectivity index (χ1n) is 15.9. The molecule has 1 aliphatic heterocycles. The zero-order valence-corrected chi connectivity index (χ0v) is 27.0. The van der Waals surface area contributed by atoms with Gasteiger partial charge in [-0.1, -0.05) is 78.9 Å². The lowest BCUT2D eigenvalue weighted by Gasteiger charge is -2.30. The van der Waals surface area contributed by atoms with E-state index < -0.39 is 17.7 Å². The number of hydrogen-bond acceptors (Lipinski definition) is 4. The Balaban J connectivity index is 1.37. The van der Waals surface area contributed by atoms with E-state index in [9.17, 15) is 19.5 Å². The fourth-order valence-corrected chi connectivity index (χ4v) is 6.05. The number of rotatable bonds is 9. The van der Waals surface area contributed by atoms with Crippen molar-refractivity contribution >= 4 is 17.7 Å². The summed E-state index contributed by atoms with van der Waals surface area (Å²) in [5.74, 6) is -0.684. The summed E-state index contributed by atoms with van der Waals surface area (Å²) in [6, 6.07) is 29.6. The van der Waals surface area contributed by atoms with E-state index in [0.29, 0.717) is 47.3 Å². The van der Waals surface area contributed by atoms with Gasteiger partial charge in [0, 0.05) is 41.7 Å². The second kappa shape index (κ2) is 14.1. The molecule has 0 radical (unpaired) electrons. The van der Waals surface area contributed by atoms with Crippen LogP contribution in [0.1, 0.15) is 79.7 Å². The van der Waals surface area contributed by atoms with Crippen LogP contribution in [0.4, 0.5) is 0 Å². The van der Waals surface area contributed by atoms with Crippen molar-refractivity contribution in [2.75, 3.05) is 6.54 Å². The zero-order chi connectivity index (χ0) is 32.8. The summed E-state index contributed by atoms with van der Waals surface area (Å²) in [5, 5.41) is 17.7. The molecule has 4 aromatic rings. The van der Waals surface area contributed by atoms with Gasteiger partial charge in [0.15, 0.2) is 0 Å². The Kier molecular flexibility index (Phi) is 10.0. The van der Waals surface area contributed by atoms with Crippen molar-refractivity contribution in [3.8, 4) is 0 Å². The average molecular weight is 618 g/mol. The second-order valence-corrected chi connectivity index (χ2v) is 13.1. The number of hydrogen-bond donors (Lipinski definition) is 3. The van der Waals surface area contributed by atoms with E-state index in [2.05, 4.69) is 22.8 Å². The van der Waals surface area contributed by atoms with Crippen LogP contribution in [0.5, 0.6) is 0 Å². The molecule has 0 bridgehead atoms. The molecule has 3 N–H and O–H groups in total. The first kappa shape index (κ1) is 32.6. The standard InChI is InChI=1S/C39H43N3O4/c1-26-31(19-12-20-32(26)38(46)42-22-21-28-15-8-9-17-30(28)25-42)36(44)40-34(23-27-13-6-5-7-14-27)35(43)24-29-16-10-11-18-33(29)37(45)41-39(2,3)4/h5-20,34-35,43H,21-25H2,1-4H3,(H,40,44)(H,41,45)/t34-,35-/m0/s1. The number of benzene rings is 4. The summed E-state index contributed by atoms with van der Waals surface area (Å²) < 4.78 is 0. The van der Waals surface area contributed by atoms with Crippen LogP contribution >= 0.6 is 0 Å². The predicted octanol–water partition coefficient (Wildman–Crippen LogP) is 5.67. The molecule has 0 unspecified atom stereocenters. The zero-order valence-electron chi connectivity index (χ0n) is 27.0. The third-order valence-electron chi connectivity index (χ3n) is 8.49. The van der Waals surface area contributed by atoms with E-state index in [1.807, 2.05) is 80.3 Å². The minimum absolute atomic E-state index is 0.104. The van der Waals surface area contributed by atoms with Crippen LogP contribution in [-0.4, -0.2) is 52.0 Å². The molecule has 46 heavy (non-hydrogen) atoms. The first-order chi connectivity index (χ1) is 22.0. The quantitative estimate of drug-likeness (QED) is 0.226. The molecule has 0 aliphatic carbocycles. The highest BCUT2D eigenvalue weighted by atomic mass is 16.3. The Bertz CT molecular complexity index is 1710. The van der Waals surface area contributed by atoms with Crippen molar-refractivity contribution in [2.45, 2.75) is 71.2 Å². The number of fused-ring (bicyclic) bond motifs is 1. The van der Waals surface area contributed by atoms with Gasteiger partial charge in [0.05, 0.1) is 12.1 Å². The fraction of sp³-hybridized carbons (Fsp3) is 0.308. The highest BCUT2D eigenvalue weighted by molar-refractivity contribution is 6.02. The minimum atomic E-state index is -0.994. The van der Waals surface area contributed by atoms with Gasteiger partial charge in [0.25, 0.3) is 17.7 Å². The third kappa shape index (κ3) is 7.90. The molecule has 0 spiro atoms. The van der Waals surface area contributed by atoms with E-state index >= 15 is 0 Å². The lowest BCUT2D eigenvalue weighted by molar-refractivity contribution is 0.0733. The number of nitrogens with one attached hydrogen (secondary N) is 2. The number of carbonyl (C=O) groups is 3. The van der Waals surface area contributed by atoms with Crippen molar-refractivity contribution in [3.05, 3.63) is 142 Å². The highest BCUT2D eigenvalue weighted by Gasteiger charge is 2.28. The molecule has 2 atom stereocenters. The molecule has 0 aromatic heterocycles. The molecule has 7 heteroatoms. The van der Waals surface area contributed by atoms with Gasteiger partial charge in [-0.2, -0.15) is 0 Å². The Labute approximate surface area is 271 Å². The summed E-state index contributed by atoms with van der Waals surface area (Å²) in [7, 11) is 0. The SMILES string of the molecule is Cc1c(C(=O)N[C@@H](Cc2ccccc2)[C@@H](O)Cc2ccccc2C(=O)NC(C)(C)C)cccc1C(=O)N1CCc2ccccc2C1. The van der Waals surface area contributed by atoms with E-state index in [0.717, 1.165) is 17.5 Å². The maximum Gasteiger partial charge on any atom is 0.254 e. The van der Waals surface area contributed by atoms with Crippen LogP contribution < -0.4 is 10.6 Å². The van der Waals surface area contributed by atoms with Gasteiger partial charge in [-0.15, -0.1) is 0 Å². The van der Waals surface area contributed by atoms with Crippen molar-refractivity contribution in [1.82, 2.24) is 15.5 Å². The number of nitrogens with zero attached hydrogens (tertiary/aromatic N) is 1. The Morgan fingerprint density at radius 2 is 1.39 bits per heavy atom. The molecule has 4 aromatic carbocycles. The van der Waals surface area contributed by atoms with Crippen LogP contribution in [0.15, 0.2) is 97.1 Å². The maximum absolute atomic E-state index is 13.9. The van der Waals surface area contributed by atoms with Gasteiger partial charge in [0.2, 0.25) is 0 Å². The third-order valence-corrected chi connectivity index (χ3v) is 8.49. The van der Waals surface area contributed by atoms with Crippen LogP contribution in [0.25, 0.3) is 0 Å². The van der Waals surface area contributed by atoms with Gasteiger partial charge in [-0.05, 0) is 86.6 Å².